The highest BCUT2D eigenvalue weighted by atomic mass is 19.5. The van der Waals surface area contributed by atoms with Gasteiger partial charge in [0.15, 0.2) is 0 Å². The van der Waals surface area contributed by atoms with Gasteiger partial charge in [-0.1, -0.05) is 26.2 Å². The van der Waals surface area contributed by atoms with Crippen LogP contribution in [0.1, 0.15) is 44.9 Å². The Morgan fingerprint density at radius 1 is 1.11 bits per heavy atom. The Hall–Kier alpha value is -1.01. The van der Waals surface area contributed by atoms with Gasteiger partial charge in [0.1, 0.15) is 12.4 Å². The van der Waals surface area contributed by atoms with E-state index in [9.17, 15) is 17.3 Å². The van der Waals surface area contributed by atoms with Crippen molar-refractivity contribution in [2.24, 2.45) is 7.05 Å². The SMILES string of the molecule is CCCCCCCn1cc[n+](C)c1C.F[B-](F)(F)F. The lowest BCUT2D eigenvalue weighted by Gasteiger charge is -1.99. The first-order chi connectivity index (χ1) is 8.75. The number of nitrogens with zero attached hydrogens (tertiary/aromatic N) is 2. The van der Waals surface area contributed by atoms with Crippen molar-refractivity contribution in [3.05, 3.63) is 18.2 Å². The van der Waals surface area contributed by atoms with Gasteiger partial charge in [-0.3, -0.25) is 0 Å². The molecule has 7 heteroatoms. The van der Waals surface area contributed by atoms with Crippen molar-refractivity contribution in [3.63, 3.8) is 0 Å². The highest BCUT2D eigenvalue weighted by Gasteiger charge is 2.20. The van der Waals surface area contributed by atoms with Crippen molar-refractivity contribution in [1.29, 1.82) is 0 Å². The van der Waals surface area contributed by atoms with Crippen LogP contribution >= 0.6 is 0 Å². The zero-order valence-electron chi connectivity index (χ0n) is 11.9. The van der Waals surface area contributed by atoms with E-state index in [1.807, 2.05) is 0 Å². The van der Waals surface area contributed by atoms with E-state index >= 15 is 0 Å². The molecule has 19 heavy (non-hydrogen) atoms. The topological polar surface area (TPSA) is 8.81 Å². The first kappa shape index (κ1) is 18.0. The fraction of sp³-hybridized carbons (Fsp3) is 0.750. The Balaban J connectivity index is 0.000000555. The summed E-state index contributed by atoms with van der Waals surface area (Å²) in [5, 5.41) is 0. The van der Waals surface area contributed by atoms with Crippen molar-refractivity contribution in [3.8, 4) is 0 Å². The van der Waals surface area contributed by atoms with Gasteiger partial charge in [-0.25, -0.2) is 9.13 Å². The highest BCUT2D eigenvalue weighted by molar-refractivity contribution is 6.50. The number of aryl methyl sites for hydroxylation is 2. The van der Waals surface area contributed by atoms with Crippen LogP contribution in [-0.4, -0.2) is 11.8 Å². The molecular formula is C12H23BF4N2. The number of imidazole rings is 1. The quantitative estimate of drug-likeness (QED) is 0.324. The predicted molar refractivity (Wildman–Crippen MR) is 69.3 cm³/mol. The van der Waals surface area contributed by atoms with Gasteiger partial charge < -0.3 is 17.3 Å². The zero-order chi connectivity index (χ0) is 14.9. The average molecular weight is 282 g/mol. The van der Waals surface area contributed by atoms with Crippen LogP contribution in [-0.2, 0) is 13.6 Å². The summed E-state index contributed by atoms with van der Waals surface area (Å²) in [6.45, 7) is 5.61. The number of halogens is 4. The second-order valence-corrected chi connectivity index (χ2v) is 4.56. The molecule has 0 amide bonds. The minimum Gasteiger partial charge on any atom is -0.418 e. The minimum absolute atomic E-state index is 1.18. The third-order valence-electron chi connectivity index (χ3n) is 2.90. The number of hydrogen-bond acceptors (Lipinski definition) is 0. The van der Waals surface area contributed by atoms with Crippen molar-refractivity contribution < 1.29 is 21.8 Å². The Bertz CT molecular complexity index is 344. The molecule has 0 fully saturated rings. The molecule has 0 aliphatic heterocycles. The zero-order valence-corrected chi connectivity index (χ0v) is 11.9. The molecule has 0 unspecified atom stereocenters. The molecule has 0 radical (unpaired) electrons. The number of aromatic nitrogens is 2. The molecule has 0 bridgehead atoms. The third kappa shape index (κ3) is 10.6. The molecule has 0 aromatic carbocycles. The third-order valence-corrected chi connectivity index (χ3v) is 2.90. The van der Waals surface area contributed by atoms with Crippen molar-refractivity contribution in [2.45, 2.75) is 52.5 Å². The van der Waals surface area contributed by atoms with Crippen LogP contribution in [0.15, 0.2) is 12.4 Å². The maximum atomic E-state index is 9.75. The van der Waals surface area contributed by atoms with E-state index in [2.05, 4.69) is 42.4 Å². The van der Waals surface area contributed by atoms with Crippen LogP contribution in [0.3, 0.4) is 0 Å². The summed E-state index contributed by atoms with van der Waals surface area (Å²) in [4.78, 5) is 0. The van der Waals surface area contributed by atoms with E-state index in [-0.39, 0.29) is 0 Å². The molecule has 2 nitrogen and oxygen atoms in total. The summed E-state index contributed by atoms with van der Waals surface area (Å²) < 4.78 is 43.5. The highest BCUT2D eigenvalue weighted by Crippen LogP contribution is 2.06. The maximum Gasteiger partial charge on any atom is 0.673 e. The van der Waals surface area contributed by atoms with E-state index in [4.69, 9.17) is 0 Å². The van der Waals surface area contributed by atoms with Crippen LogP contribution in [0.2, 0.25) is 0 Å². The summed E-state index contributed by atoms with van der Waals surface area (Å²) >= 11 is 0. The van der Waals surface area contributed by atoms with Crippen molar-refractivity contribution in [2.75, 3.05) is 0 Å². The Labute approximate surface area is 112 Å². The van der Waals surface area contributed by atoms with Crippen molar-refractivity contribution in [1.82, 2.24) is 4.57 Å². The monoisotopic (exact) mass is 282 g/mol. The van der Waals surface area contributed by atoms with E-state index < -0.39 is 7.25 Å². The summed E-state index contributed by atoms with van der Waals surface area (Å²) in [5.41, 5.74) is 0. The van der Waals surface area contributed by atoms with E-state index in [1.165, 1.54) is 44.5 Å². The molecule has 1 aromatic heterocycles. The van der Waals surface area contributed by atoms with Gasteiger partial charge in [0.25, 0.3) is 5.82 Å². The largest absolute Gasteiger partial charge is 0.673 e. The molecular weight excluding hydrogens is 259 g/mol. The lowest BCUT2D eigenvalue weighted by atomic mass is 10.1. The van der Waals surface area contributed by atoms with Gasteiger partial charge in [0, 0.05) is 6.92 Å². The molecule has 1 heterocycles. The molecule has 0 saturated carbocycles. The Morgan fingerprint density at radius 2 is 1.63 bits per heavy atom. The summed E-state index contributed by atoms with van der Waals surface area (Å²) in [6, 6.07) is 0. The Kier molecular flexibility index (Phi) is 8.51. The summed E-state index contributed by atoms with van der Waals surface area (Å²) in [7, 11) is -3.90. The van der Waals surface area contributed by atoms with Gasteiger partial charge in [0.2, 0.25) is 0 Å². The lowest BCUT2D eigenvalue weighted by Crippen LogP contribution is -2.29. The summed E-state index contributed by atoms with van der Waals surface area (Å²) in [6.07, 6.45) is 11.1. The van der Waals surface area contributed by atoms with E-state index in [0.29, 0.717) is 0 Å². The molecule has 0 atom stereocenters. The minimum atomic E-state index is -6.00. The molecule has 0 spiro atoms. The molecule has 1 aromatic rings. The van der Waals surface area contributed by atoms with Gasteiger partial charge >= 0.3 is 7.25 Å². The molecule has 0 N–H and O–H groups in total. The molecule has 0 aliphatic rings. The number of hydrogen-bond donors (Lipinski definition) is 0. The molecule has 112 valence electrons. The summed E-state index contributed by atoms with van der Waals surface area (Å²) in [5.74, 6) is 1.35. The molecule has 0 aliphatic carbocycles. The number of unbranched alkanes of at least 4 members (excludes halogenated alkanes) is 4. The van der Waals surface area contributed by atoms with Gasteiger partial charge in [-0.15, -0.1) is 0 Å². The standard InChI is InChI=1S/C12H23N2.BF4/c1-4-5-6-7-8-9-14-11-10-13(3)12(14)2;2-1(3,4)5/h10-11H,4-9H2,1-3H3;/q+1;-1. The first-order valence-corrected chi connectivity index (χ1v) is 6.64. The van der Waals surface area contributed by atoms with Gasteiger partial charge in [-0.2, -0.15) is 0 Å². The first-order valence-electron chi connectivity index (χ1n) is 6.64. The second kappa shape index (κ2) is 8.99. The fourth-order valence-corrected chi connectivity index (χ4v) is 1.72. The van der Waals surface area contributed by atoms with E-state index in [0.717, 1.165) is 0 Å². The fourth-order valence-electron chi connectivity index (χ4n) is 1.72. The average Bonchev–Trinajstić information content (AvgIpc) is 2.58. The van der Waals surface area contributed by atoms with Crippen LogP contribution in [0.5, 0.6) is 0 Å². The molecule has 1 rings (SSSR count). The lowest BCUT2D eigenvalue weighted by molar-refractivity contribution is -0.677. The van der Waals surface area contributed by atoms with Crippen LogP contribution in [0.25, 0.3) is 0 Å². The van der Waals surface area contributed by atoms with Crippen molar-refractivity contribution >= 4 is 7.25 Å². The predicted octanol–water partition coefficient (Wildman–Crippen LogP) is 3.89. The Morgan fingerprint density at radius 3 is 2.05 bits per heavy atom. The van der Waals surface area contributed by atoms with E-state index in [1.54, 1.807) is 0 Å². The second-order valence-electron chi connectivity index (χ2n) is 4.56. The number of rotatable bonds is 6. The molecule has 0 saturated heterocycles. The van der Waals surface area contributed by atoms with Gasteiger partial charge in [0.05, 0.1) is 13.6 Å². The van der Waals surface area contributed by atoms with Gasteiger partial charge in [-0.05, 0) is 12.8 Å². The maximum absolute atomic E-state index is 9.75. The van der Waals surface area contributed by atoms with Crippen LogP contribution in [0.4, 0.5) is 17.3 Å². The van der Waals surface area contributed by atoms with Crippen LogP contribution < -0.4 is 4.57 Å². The van der Waals surface area contributed by atoms with Crippen LogP contribution in [0, 0.1) is 6.92 Å². The smallest absolute Gasteiger partial charge is 0.418 e. The normalized spacial score (nSPS) is 11.1.